The minimum Gasteiger partial charge on any atom is -0.310 e. The fraction of sp³-hybridized carbons (Fsp3) is 0.300. The zero-order chi connectivity index (χ0) is 37.7. The third kappa shape index (κ3) is 6.63. The molecule has 0 aromatic carbocycles. The van der Waals surface area contributed by atoms with Gasteiger partial charge in [-0.2, -0.15) is 0 Å². The molecule has 0 unspecified atom stereocenters. The van der Waals surface area contributed by atoms with Crippen LogP contribution in [0.15, 0.2) is 83.2 Å². The zero-order valence-corrected chi connectivity index (χ0v) is 29.6. The van der Waals surface area contributed by atoms with Crippen LogP contribution in [0.25, 0.3) is 44.1 Å². The van der Waals surface area contributed by atoms with Crippen molar-refractivity contribution in [3.63, 3.8) is 0 Å². The predicted molar refractivity (Wildman–Crippen MR) is 200 cm³/mol. The van der Waals surface area contributed by atoms with Gasteiger partial charge in [0.05, 0.1) is 22.9 Å². The van der Waals surface area contributed by atoms with Gasteiger partial charge in [0.15, 0.2) is 0 Å². The number of hydrogen-bond acceptors (Lipinski definition) is 8. The van der Waals surface area contributed by atoms with Crippen LogP contribution in [-0.2, 0) is 29.1 Å². The van der Waals surface area contributed by atoms with E-state index < -0.39 is 36.0 Å². The molecule has 12 nitrogen and oxygen atoms in total. The lowest BCUT2D eigenvalue weighted by Crippen LogP contribution is -2.24. The Hall–Kier alpha value is -6.18. The summed E-state index contributed by atoms with van der Waals surface area (Å²) in [5.74, 6) is -1.77. The Morgan fingerprint density at radius 3 is 1.81 bits per heavy atom. The number of alkyl halides is 2. The molecular weight excluding hydrogens is 694 g/mol. The average molecular weight is 731 g/mol. The van der Waals surface area contributed by atoms with Crippen LogP contribution < -0.4 is 21.8 Å². The van der Waals surface area contributed by atoms with Gasteiger partial charge in [0.1, 0.15) is 24.0 Å². The van der Waals surface area contributed by atoms with E-state index in [0.29, 0.717) is 63.4 Å². The number of fused-ring (bicyclic) bond motifs is 2. The first kappa shape index (κ1) is 34.9. The lowest BCUT2D eigenvalue weighted by atomic mass is 9.98. The van der Waals surface area contributed by atoms with Gasteiger partial charge in [-0.15, -0.1) is 0 Å². The number of nitrogens with zero attached hydrogens (tertiary/aromatic N) is 6. The van der Waals surface area contributed by atoms with Gasteiger partial charge in [-0.3, -0.25) is 29.1 Å². The third-order valence-corrected chi connectivity index (χ3v) is 10.2. The first-order valence-electron chi connectivity index (χ1n) is 17.9. The van der Waals surface area contributed by atoms with Crippen LogP contribution in [0.3, 0.4) is 0 Å². The molecule has 6 aromatic rings. The van der Waals surface area contributed by atoms with Crippen LogP contribution in [0, 0.1) is 18.8 Å². The largest absolute Gasteiger partial charge is 0.310 e. The first-order chi connectivity index (χ1) is 26.1. The highest BCUT2D eigenvalue weighted by Crippen LogP contribution is 2.36. The van der Waals surface area contributed by atoms with Crippen LogP contribution in [0.2, 0.25) is 0 Å². The lowest BCUT2D eigenvalue weighted by molar-refractivity contribution is -0.118. The van der Waals surface area contributed by atoms with Crippen LogP contribution in [0.1, 0.15) is 37.3 Å². The molecule has 6 heterocycles. The molecule has 0 spiro atoms. The highest BCUT2D eigenvalue weighted by atomic mass is 19.1. The number of halogens is 2. The van der Waals surface area contributed by atoms with Crippen molar-refractivity contribution in [1.29, 1.82) is 0 Å². The predicted octanol–water partition coefficient (Wildman–Crippen LogP) is 5.78. The summed E-state index contributed by atoms with van der Waals surface area (Å²) in [5.41, 5.74) is 4.61. The van der Waals surface area contributed by atoms with Crippen LogP contribution in [0.4, 0.5) is 20.4 Å². The number of aryl methyl sites for hydroxylation is 4. The Morgan fingerprint density at radius 1 is 0.741 bits per heavy atom. The molecule has 0 radical (unpaired) electrons. The summed E-state index contributed by atoms with van der Waals surface area (Å²) in [6, 6.07) is 10.5. The van der Waals surface area contributed by atoms with Gasteiger partial charge in [-0.05, 0) is 74.9 Å². The molecule has 2 saturated carbocycles. The van der Waals surface area contributed by atoms with E-state index in [2.05, 4.69) is 30.6 Å². The Labute approximate surface area is 307 Å². The molecule has 2 fully saturated rings. The molecule has 2 aliphatic rings. The minimum atomic E-state index is -1.16. The van der Waals surface area contributed by atoms with E-state index in [1.165, 1.54) is 0 Å². The van der Waals surface area contributed by atoms with Gasteiger partial charge in [0.25, 0.3) is 11.1 Å². The fourth-order valence-corrected chi connectivity index (χ4v) is 6.97. The van der Waals surface area contributed by atoms with Crippen LogP contribution in [-0.4, -0.2) is 53.2 Å². The standard InChI is InChI=1S/C40H36F2N8O4/c1-3-49-33-15-35(47-37(51)27-13-31(27)41)45-17-23(33)12-26(39(49)53)30-20-44-9-7-22(30)5-4-10-50-34-16-36(48-38(52)28-14-32(28)42)46-18-24(34)11-25(40(50)54)29-19-43-8-6-21(29)2/h6-9,11-12,15-20,27-28,31-32H,3-5,10,13-14H2,1-2H3,(H,45,47,51)(H,46,48,52)/t27-,28-,31-,32+/m0/s1. The van der Waals surface area contributed by atoms with E-state index in [-0.39, 0.29) is 42.1 Å². The molecule has 2 aliphatic carbocycles. The topological polar surface area (TPSA) is 154 Å². The van der Waals surface area contributed by atoms with Crippen LogP contribution in [0.5, 0.6) is 0 Å². The number of amides is 2. The second kappa shape index (κ2) is 14.0. The summed E-state index contributed by atoms with van der Waals surface area (Å²) in [5, 5.41) is 6.71. The number of carbonyl (C=O) groups is 2. The van der Waals surface area contributed by atoms with E-state index in [1.807, 2.05) is 26.0 Å². The van der Waals surface area contributed by atoms with E-state index in [0.717, 1.165) is 11.1 Å². The molecule has 8 rings (SSSR count). The molecule has 14 heteroatoms. The molecule has 0 bridgehead atoms. The maximum Gasteiger partial charge on any atom is 0.258 e. The van der Waals surface area contributed by atoms with Crippen molar-refractivity contribution in [2.45, 2.75) is 65.0 Å². The minimum absolute atomic E-state index is 0.182. The average Bonchev–Trinajstić information content (AvgIpc) is 4.09. The summed E-state index contributed by atoms with van der Waals surface area (Å²) in [4.78, 5) is 70.4. The third-order valence-electron chi connectivity index (χ3n) is 10.2. The smallest absolute Gasteiger partial charge is 0.258 e. The summed E-state index contributed by atoms with van der Waals surface area (Å²) in [7, 11) is 0. The second-order valence-electron chi connectivity index (χ2n) is 13.9. The maximum absolute atomic E-state index is 14.2. The molecule has 2 N–H and O–H groups in total. The Balaban J connectivity index is 1.11. The van der Waals surface area contributed by atoms with Crippen molar-refractivity contribution in [3.05, 3.63) is 105 Å². The fourth-order valence-electron chi connectivity index (χ4n) is 6.97. The second-order valence-corrected chi connectivity index (χ2v) is 13.9. The lowest BCUT2D eigenvalue weighted by Gasteiger charge is -2.16. The monoisotopic (exact) mass is 730 g/mol. The first-order valence-corrected chi connectivity index (χ1v) is 17.9. The highest BCUT2D eigenvalue weighted by Gasteiger charge is 2.44. The Bertz CT molecular complexity index is 2610. The summed E-state index contributed by atoms with van der Waals surface area (Å²) in [6.45, 7) is 4.40. The number of anilines is 2. The van der Waals surface area contributed by atoms with Gasteiger partial charge in [0.2, 0.25) is 11.8 Å². The number of carbonyl (C=O) groups excluding carboxylic acids is 2. The maximum atomic E-state index is 14.2. The molecular formula is C40H36F2N8O4. The summed E-state index contributed by atoms with van der Waals surface area (Å²) in [6.07, 6.45) is 8.87. The van der Waals surface area contributed by atoms with Crippen molar-refractivity contribution in [3.8, 4) is 22.3 Å². The molecule has 0 saturated heterocycles. The van der Waals surface area contributed by atoms with Crippen molar-refractivity contribution in [2.24, 2.45) is 11.8 Å². The summed E-state index contributed by atoms with van der Waals surface area (Å²) < 4.78 is 30.3. The Kier molecular flexibility index (Phi) is 9.04. The SMILES string of the molecule is CCn1c(=O)c(-c2cnccc2CCCn2c(=O)c(-c3cnccc3C)cc3cnc(NC(=O)[C@H]4C[C@H]4F)cc32)cc2cnc(NC(=O)[C@H]3C[C@@H]3F)cc21. The van der Waals surface area contributed by atoms with Crippen LogP contribution >= 0.6 is 0 Å². The van der Waals surface area contributed by atoms with Gasteiger partial charge < -0.3 is 19.8 Å². The van der Waals surface area contributed by atoms with Crippen molar-refractivity contribution in [2.75, 3.05) is 10.6 Å². The normalized spacial score (nSPS) is 18.8. The number of pyridine rings is 6. The molecule has 6 aromatic heterocycles. The van der Waals surface area contributed by atoms with E-state index in [1.54, 1.807) is 70.6 Å². The molecule has 274 valence electrons. The number of nitrogens with one attached hydrogen (secondary N) is 2. The van der Waals surface area contributed by atoms with Crippen molar-refractivity contribution in [1.82, 2.24) is 29.1 Å². The molecule has 2 amide bonds. The number of rotatable bonds is 11. The number of hydrogen-bond donors (Lipinski definition) is 2. The zero-order valence-electron chi connectivity index (χ0n) is 29.6. The van der Waals surface area contributed by atoms with Crippen molar-refractivity contribution < 1.29 is 18.4 Å². The quantitative estimate of drug-likeness (QED) is 0.170. The van der Waals surface area contributed by atoms with Crippen molar-refractivity contribution >= 4 is 45.3 Å². The highest BCUT2D eigenvalue weighted by molar-refractivity contribution is 5.97. The molecule has 0 aliphatic heterocycles. The Morgan fingerprint density at radius 2 is 1.26 bits per heavy atom. The van der Waals surface area contributed by atoms with Gasteiger partial charge in [0, 0.05) is 95.4 Å². The van der Waals surface area contributed by atoms with E-state index in [4.69, 9.17) is 0 Å². The van der Waals surface area contributed by atoms with Gasteiger partial charge in [-0.25, -0.2) is 18.7 Å². The van der Waals surface area contributed by atoms with Gasteiger partial charge in [-0.1, -0.05) is 0 Å². The molecule has 4 atom stereocenters. The summed E-state index contributed by atoms with van der Waals surface area (Å²) >= 11 is 0. The molecule has 54 heavy (non-hydrogen) atoms. The number of aromatic nitrogens is 6. The van der Waals surface area contributed by atoms with Gasteiger partial charge >= 0.3 is 0 Å². The van der Waals surface area contributed by atoms with E-state index >= 15 is 0 Å². The van der Waals surface area contributed by atoms with E-state index in [9.17, 15) is 28.0 Å².